The summed E-state index contributed by atoms with van der Waals surface area (Å²) in [5.41, 5.74) is 0. The van der Waals surface area contributed by atoms with Crippen molar-refractivity contribution in [1.82, 2.24) is 15.5 Å². The molecule has 94 valence electrons. The quantitative estimate of drug-likeness (QED) is 0.537. The molecule has 0 aliphatic heterocycles. The van der Waals surface area contributed by atoms with Crippen LogP contribution < -0.4 is 10.6 Å². The molecule has 0 aliphatic carbocycles. The molecule has 0 saturated carbocycles. The van der Waals surface area contributed by atoms with E-state index >= 15 is 0 Å². The van der Waals surface area contributed by atoms with Crippen LogP contribution in [0.2, 0.25) is 0 Å². The lowest BCUT2D eigenvalue weighted by Crippen LogP contribution is -2.41. The molecule has 0 spiro atoms. The topological polar surface area (TPSA) is 81.7 Å². The third-order valence-corrected chi connectivity index (χ3v) is 2.25. The lowest BCUT2D eigenvalue weighted by Gasteiger charge is -2.18. The second-order valence-electron chi connectivity index (χ2n) is 3.80. The molecule has 0 saturated heterocycles. The SMILES string of the molecule is CNCCCN(C)C(=O)NCC(C)C(=O)O. The summed E-state index contributed by atoms with van der Waals surface area (Å²) >= 11 is 0. The maximum Gasteiger partial charge on any atom is 0.317 e. The average molecular weight is 231 g/mol. The van der Waals surface area contributed by atoms with Crippen LogP contribution >= 0.6 is 0 Å². The van der Waals surface area contributed by atoms with E-state index in [-0.39, 0.29) is 12.6 Å². The highest BCUT2D eigenvalue weighted by atomic mass is 16.4. The van der Waals surface area contributed by atoms with Gasteiger partial charge in [0.1, 0.15) is 0 Å². The molecule has 0 aliphatic rings. The number of hydrogen-bond donors (Lipinski definition) is 3. The maximum atomic E-state index is 11.5. The summed E-state index contributed by atoms with van der Waals surface area (Å²) in [5, 5.41) is 14.2. The van der Waals surface area contributed by atoms with E-state index in [1.54, 1.807) is 18.9 Å². The van der Waals surface area contributed by atoms with Gasteiger partial charge in [-0.3, -0.25) is 4.79 Å². The van der Waals surface area contributed by atoms with Gasteiger partial charge in [-0.15, -0.1) is 0 Å². The molecule has 1 atom stereocenters. The molecule has 16 heavy (non-hydrogen) atoms. The van der Waals surface area contributed by atoms with Crippen LogP contribution in [0, 0.1) is 5.92 Å². The monoisotopic (exact) mass is 231 g/mol. The fourth-order valence-electron chi connectivity index (χ4n) is 1.06. The lowest BCUT2D eigenvalue weighted by molar-refractivity contribution is -0.140. The number of carboxylic acids is 1. The Balaban J connectivity index is 3.74. The van der Waals surface area contributed by atoms with Gasteiger partial charge in [0.25, 0.3) is 0 Å². The molecular formula is C10H21N3O3. The molecule has 1 unspecified atom stereocenters. The van der Waals surface area contributed by atoms with Crippen LogP contribution in [-0.2, 0) is 4.79 Å². The van der Waals surface area contributed by atoms with E-state index in [0.717, 1.165) is 13.0 Å². The number of carboxylic acid groups (broad SMARTS) is 1. The molecule has 3 N–H and O–H groups in total. The molecule has 6 heteroatoms. The van der Waals surface area contributed by atoms with E-state index in [2.05, 4.69) is 10.6 Å². The molecule has 0 bridgehead atoms. The predicted molar refractivity (Wildman–Crippen MR) is 61.4 cm³/mol. The van der Waals surface area contributed by atoms with Crippen LogP contribution in [0.25, 0.3) is 0 Å². The number of nitrogens with zero attached hydrogens (tertiary/aromatic N) is 1. The van der Waals surface area contributed by atoms with Crippen LogP contribution in [0.3, 0.4) is 0 Å². The van der Waals surface area contributed by atoms with Gasteiger partial charge in [-0.05, 0) is 20.0 Å². The van der Waals surface area contributed by atoms with Crippen molar-refractivity contribution in [2.45, 2.75) is 13.3 Å². The molecule has 0 rings (SSSR count). The van der Waals surface area contributed by atoms with Crippen molar-refractivity contribution in [3.8, 4) is 0 Å². The Hall–Kier alpha value is -1.30. The third-order valence-electron chi connectivity index (χ3n) is 2.25. The number of aliphatic carboxylic acids is 1. The van der Waals surface area contributed by atoms with Crippen LogP contribution in [-0.4, -0.2) is 55.7 Å². The number of carbonyl (C=O) groups excluding carboxylic acids is 1. The van der Waals surface area contributed by atoms with Crippen molar-refractivity contribution in [1.29, 1.82) is 0 Å². The predicted octanol–water partition coefficient (Wildman–Crippen LogP) is -0.0420. The molecule has 0 radical (unpaired) electrons. The standard InChI is InChI=1S/C10H21N3O3/c1-8(9(14)15)7-12-10(16)13(3)6-4-5-11-2/h8,11H,4-7H2,1-3H3,(H,12,16)(H,14,15). The highest BCUT2D eigenvalue weighted by molar-refractivity contribution is 5.75. The molecule has 0 heterocycles. The van der Waals surface area contributed by atoms with E-state index in [4.69, 9.17) is 5.11 Å². The second kappa shape index (κ2) is 7.92. The van der Waals surface area contributed by atoms with Gasteiger partial charge in [0, 0.05) is 20.1 Å². The van der Waals surface area contributed by atoms with Gasteiger partial charge >= 0.3 is 12.0 Å². The van der Waals surface area contributed by atoms with E-state index in [1.165, 1.54) is 0 Å². The summed E-state index contributed by atoms with van der Waals surface area (Å²) in [7, 11) is 3.55. The van der Waals surface area contributed by atoms with E-state index in [0.29, 0.717) is 6.54 Å². The van der Waals surface area contributed by atoms with Crippen LogP contribution in [0.5, 0.6) is 0 Å². The highest BCUT2D eigenvalue weighted by Crippen LogP contribution is 1.93. The van der Waals surface area contributed by atoms with Gasteiger partial charge in [0.05, 0.1) is 5.92 Å². The van der Waals surface area contributed by atoms with Crippen molar-refractivity contribution in [3.63, 3.8) is 0 Å². The minimum atomic E-state index is -0.905. The van der Waals surface area contributed by atoms with Crippen molar-refractivity contribution in [2.24, 2.45) is 5.92 Å². The Morgan fingerprint density at radius 1 is 1.44 bits per heavy atom. The zero-order chi connectivity index (χ0) is 12.6. The van der Waals surface area contributed by atoms with Gasteiger partial charge in [-0.25, -0.2) is 4.79 Å². The Morgan fingerprint density at radius 3 is 2.56 bits per heavy atom. The molecule has 0 aromatic carbocycles. The summed E-state index contributed by atoms with van der Waals surface area (Å²) < 4.78 is 0. The van der Waals surface area contributed by atoms with Crippen LogP contribution in [0.15, 0.2) is 0 Å². The molecule has 0 fully saturated rings. The van der Waals surface area contributed by atoms with Gasteiger partial charge in [0.15, 0.2) is 0 Å². The summed E-state index contributed by atoms with van der Waals surface area (Å²) in [6.45, 7) is 3.21. The van der Waals surface area contributed by atoms with E-state index in [1.807, 2.05) is 7.05 Å². The minimum absolute atomic E-state index is 0.157. The van der Waals surface area contributed by atoms with Crippen molar-refractivity contribution in [2.75, 3.05) is 33.7 Å². The van der Waals surface area contributed by atoms with Crippen LogP contribution in [0.4, 0.5) is 4.79 Å². The maximum absolute atomic E-state index is 11.5. The van der Waals surface area contributed by atoms with E-state index < -0.39 is 11.9 Å². The average Bonchev–Trinajstić information content (AvgIpc) is 2.25. The first-order valence-corrected chi connectivity index (χ1v) is 5.35. The van der Waals surface area contributed by atoms with Gasteiger partial charge in [-0.2, -0.15) is 0 Å². The van der Waals surface area contributed by atoms with Crippen molar-refractivity contribution in [3.05, 3.63) is 0 Å². The first kappa shape index (κ1) is 14.7. The number of urea groups is 1. The number of carbonyl (C=O) groups is 2. The summed E-state index contributed by atoms with van der Waals surface area (Å²) in [4.78, 5) is 23.5. The van der Waals surface area contributed by atoms with Crippen LogP contribution in [0.1, 0.15) is 13.3 Å². The molecule has 0 aromatic rings. The van der Waals surface area contributed by atoms with Gasteiger partial charge < -0.3 is 20.6 Å². The first-order chi connectivity index (χ1) is 7.49. The summed E-state index contributed by atoms with van der Waals surface area (Å²) in [6.07, 6.45) is 0.870. The van der Waals surface area contributed by atoms with Crippen molar-refractivity contribution < 1.29 is 14.7 Å². The fraction of sp³-hybridized carbons (Fsp3) is 0.800. The number of nitrogens with one attached hydrogen (secondary N) is 2. The Labute approximate surface area is 96.0 Å². The zero-order valence-electron chi connectivity index (χ0n) is 10.1. The first-order valence-electron chi connectivity index (χ1n) is 5.35. The Morgan fingerprint density at radius 2 is 2.06 bits per heavy atom. The third kappa shape index (κ3) is 6.23. The molecule has 2 amide bonds. The molecule has 6 nitrogen and oxygen atoms in total. The molecular weight excluding hydrogens is 210 g/mol. The number of rotatable bonds is 7. The fourth-order valence-corrected chi connectivity index (χ4v) is 1.06. The normalized spacial score (nSPS) is 11.9. The molecule has 0 aromatic heterocycles. The summed E-state index contributed by atoms with van der Waals surface area (Å²) in [6, 6.07) is -0.232. The minimum Gasteiger partial charge on any atom is -0.481 e. The van der Waals surface area contributed by atoms with E-state index in [9.17, 15) is 9.59 Å². The zero-order valence-corrected chi connectivity index (χ0v) is 10.1. The Kier molecular flexibility index (Phi) is 7.28. The van der Waals surface area contributed by atoms with Gasteiger partial charge in [0.2, 0.25) is 0 Å². The second-order valence-corrected chi connectivity index (χ2v) is 3.80. The smallest absolute Gasteiger partial charge is 0.317 e. The number of amides is 2. The van der Waals surface area contributed by atoms with Crippen molar-refractivity contribution >= 4 is 12.0 Å². The highest BCUT2D eigenvalue weighted by Gasteiger charge is 2.13. The lowest BCUT2D eigenvalue weighted by atomic mass is 10.2. The van der Waals surface area contributed by atoms with Gasteiger partial charge in [-0.1, -0.05) is 6.92 Å². The summed E-state index contributed by atoms with van der Waals surface area (Å²) in [5.74, 6) is -1.47. The Bertz CT molecular complexity index is 233. The largest absolute Gasteiger partial charge is 0.481 e. The number of hydrogen-bond acceptors (Lipinski definition) is 3.